The molecule has 220 valence electrons. The zero-order chi connectivity index (χ0) is 29.9. The van der Waals surface area contributed by atoms with Gasteiger partial charge in [-0.25, -0.2) is 13.4 Å². The maximum Gasteiger partial charge on any atom is 0.272 e. The topological polar surface area (TPSA) is 172 Å². The molecule has 2 aliphatic heterocycles. The second-order valence-corrected chi connectivity index (χ2v) is 13.2. The summed E-state index contributed by atoms with van der Waals surface area (Å²) in [6.07, 6.45) is 7.22. The molecule has 0 unspecified atom stereocenters. The molecular formula is C30H30N8O4S. The average molecular weight is 599 g/mol. The van der Waals surface area contributed by atoms with Gasteiger partial charge in [0.15, 0.2) is 15.5 Å². The van der Waals surface area contributed by atoms with Crippen LogP contribution in [0, 0.1) is 0 Å². The van der Waals surface area contributed by atoms with Crippen LogP contribution < -0.4 is 5.73 Å². The highest BCUT2D eigenvalue weighted by atomic mass is 32.2. The van der Waals surface area contributed by atoms with Gasteiger partial charge in [-0.2, -0.15) is 14.7 Å². The molecule has 2 bridgehead atoms. The van der Waals surface area contributed by atoms with Crippen molar-refractivity contribution in [2.45, 2.75) is 55.2 Å². The first-order valence-electron chi connectivity index (χ1n) is 14.1. The van der Waals surface area contributed by atoms with Crippen molar-refractivity contribution in [2.24, 2.45) is 0 Å². The van der Waals surface area contributed by atoms with Crippen molar-refractivity contribution in [3.05, 3.63) is 78.0 Å². The van der Waals surface area contributed by atoms with Gasteiger partial charge in [-0.1, -0.05) is 36.4 Å². The first kappa shape index (κ1) is 27.2. The van der Waals surface area contributed by atoms with Crippen LogP contribution >= 0.6 is 0 Å². The molecule has 2 saturated heterocycles. The molecule has 0 aliphatic carbocycles. The van der Waals surface area contributed by atoms with Crippen molar-refractivity contribution in [3.63, 3.8) is 0 Å². The number of sulfone groups is 1. The lowest BCUT2D eigenvalue weighted by atomic mass is 9.87. The molecule has 1 aromatic carbocycles. The quantitative estimate of drug-likeness (QED) is 0.265. The third-order valence-electron chi connectivity index (χ3n) is 8.56. The van der Waals surface area contributed by atoms with Gasteiger partial charge in [0, 0.05) is 47.1 Å². The summed E-state index contributed by atoms with van der Waals surface area (Å²) in [5.74, 6) is -0.383. The average Bonchev–Trinajstić information content (AvgIpc) is 3.73. The molecule has 4 N–H and O–H groups in total. The number of fused-ring (bicyclic) bond motifs is 3. The van der Waals surface area contributed by atoms with Gasteiger partial charge in [0.05, 0.1) is 29.9 Å². The number of aromatic nitrogens is 6. The Balaban J connectivity index is 1.26. The van der Waals surface area contributed by atoms with Gasteiger partial charge < -0.3 is 15.7 Å². The van der Waals surface area contributed by atoms with Crippen molar-refractivity contribution in [1.29, 1.82) is 0 Å². The number of H-pyrrole nitrogens is 1. The molecule has 3 atom stereocenters. The second-order valence-electron chi connectivity index (χ2n) is 11.3. The van der Waals surface area contributed by atoms with E-state index in [4.69, 9.17) is 10.7 Å². The Kier molecular flexibility index (Phi) is 6.51. The molecule has 4 aromatic heterocycles. The van der Waals surface area contributed by atoms with E-state index >= 15 is 0 Å². The predicted molar refractivity (Wildman–Crippen MR) is 159 cm³/mol. The number of nitrogens with zero attached hydrogens (tertiary/aromatic N) is 6. The molecule has 0 radical (unpaired) electrons. The number of aliphatic hydroxyl groups excluding tert-OH is 1. The zero-order valence-electron chi connectivity index (χ0n) is 23.4. The number of rotatable bonds is 6. The van der Waals surface area contributed by atoms with E-state index in [1.54, 1.807) is 18.5 Å². The van der Waals surface area contributed by atoms with Gasteiger partial charge in [-0.05, 0) is 37.8 Å². The minimum Gasteiger partial charge on any atom is -0.390 e. The predicted octanol–water partition coefficient (Wildman–Crippen LogP) is 3.21. The van der Waals surface area contributed by atoms with Gasteiger partial charge >= 0.3 is 0 Å². The summed E-state index contributed by atoms with van der Waals surface area (Å²) in [7, 11) is -3.76. The van der Waals surface area contributed by atoms with Crippen molar-refractivity contribution in [1.82, 2.24) is 34.7 Å². The Morgan fingerprint density at radius 3 is 2.44 bits per heavy atom. The summed E-state index contributed by atoms with van der Waals surface area (Å²) in [5.41, 5.74) is 11.4. The Labute approximate surface area is 247 Å². The monoisotopic (exact) mass is 598 g/mol. The second kappa shape index (κ2) is 10.3. The van der Waals surface area contributed by atoms with Gasteiger partial charge in [0.2, 0.25) is 0 Å². The normalized spacial score (nSPS) is 20.1. The molecule has 13 heteroatoms. The van der Waals surface area contributed by atoms with Crippen molar-refractivity contribution in [2.75, 3.05) is 12.0 Å². The minimum absolute atomic E-state index is 0.0162. The number of nitrogens with one attached hydrogen (secondary N) is 1. The van der Waals surface area contributed by atoms with Crippen LogP contribution in [0.2, 0.25) is 0 Å². The van der Waals surface area contributed by atoms with Gasteiger partial charge in [-0.15, -0.1) is 0 Å². The number of aliphatic hydroxyl groups is 1. The highest BCUT2D eigenvalue weighted by Gasteiger charge is 2.46. The third-order valence-corrected chi connectivity index (χ3v) is 9.72. The smallest absolute Gasteiger partial charge is 0.272 e. The van der Waals surface area contributed by atoms with Gasteiger partial charge in [0.1, 0.15) is 16.4 Å². The summed E-state index contributed by atoms with van der Waals surface area (Å²) >= 11 is 0. The van der Waals surface area contributed by atoms with E-state index in [0.717, 1.165) is 35.9 Å². The highest BCUT2D eigenvalue weighted by Crippen LogP contribution is 2.45. The summed E-state index contributed by atoms with van der Waals surface area (Å²) in [4.78, 5) is 24.8. The Hall–Kier alpha value is -4.62. The summed E-state index contributed by atoms with van der Waals surface area (Å²) in [6.45, 7) is -0.258. The number of nitrogens with two attached hydrogens (primary N) is 1. The number of carbonyl (C=O) groups is 1. The lowest BCUT2D eigenvalue weighted by Crippen LogP contribution is -2.46. The summed E-state index contributed by atoms with van der Waals surface area (Å²) in [5, 5.41) is 20.5. The van der Waals surface area contributed by atoms with Crippen molar-refractivity contribution < 1.29 is 18.3 Å². The largest absolute Gasteiger partial charge is 0.390 e. The van der Waals surface area contributed by atoms with Crippen LogP contribution in [0.3, 0.4) is 0 Å². The van der Waals surface area contributed by atoms with Crippen LogP contribution in [0.1, 0.15) is 53.5 Å². The number of amides is 1. The molecule has 5 aromatic rings. The number of benzene rings is 1. The molecule has 43 heavy (non-hydrogen) atoms. The number of hydrogen-bond donors (Lipinski definition) is 3. The fourth-order valence-electron chi connectivity index (χ4n) is 6.64. The van der Waals surface area contributed by atoms with Crippen LogP contribution in [0.4, 0.5) is 5.82 Å². The Bertz CT molecular complexity index is 1940. The van der Waals surface area contributed by atoms with E-state index in [2.05, 4.69) is 20.3 Å². The number of piperidine rings is 1. The lowest BCUT2D eigenvalue weighted by Gasteiger charge is -2.39. The lowest BCUT2D eigenvalue weighted by molar-refractivity contribution is 0.0562. The molecule has 0 saturated carbocycles. The number of pyridine rings is 1. The third kappa shape index (κ3) is 4.64. The Morgan fingerprint density at radius 2 is 1.81 bits per heavy atom. The minimum atomic E-state index is -3.76. The van der Waals surface area contributed by atoms with E-state index in [1.165, 1.54) is 4.52 Å². The van der Waals surface area contributed by atoms with Crippen molar-refractivity contribution >= 4 is 27.2 Å². The van der Waals surface area contributed by atoms with E-state index < -0.39 is 9.84 Å². The molecule has 12 nitrogen and oxygen atoms in total. The fourth-order valence-corrected chi connectivity index (χ4v) is 7.69. The SMILES string of the molecule is CS(=O)(=O)c1c([C@H]2C[C@H]3CC[C@@H](C2)N3C(=O)c2cc(CO)n[nH]2)nc2c(-c3ccc(-c4ccccc4)nc3)cnn2c1N. The number of carbonyl (C=O) groups excluding carboxylic acids is 1. The standard InChI is InChI=1S/C30H30N8O4S/c1-43(41,42)27-26(19-11-21-8-9-22(12-19)37(21)30(40)25-13-20(16-39)35-36-25)34-29-23(15-33-38(29)28(27)31)18-7-10-24(32-14-18)17-5-3-2-4-6-17/h2-7,10,13-15,19,21-22,39H,8-9,11-12,16,31H2,1H3,(H,35,36)/t19-,21+,22-. The van der Waals surface area contributed by atoms with E-state index in [1.807, 2.05) is 47.4 Å². The first-order valence-corrected chi connectivity index (χ1v) is 16.0. The summed E-state index contributed by atoms with van der Waals surface area (Å²) < 4.78 is 27.6. The van der Waals surface area contributed by atoms with Crippen LogP contribution in [-0.2, 0) is 16.4 Å². The molecule has 2 aliphatic rings. The zero-order valence-corrected chi connectivity index (χ0v) is 24.2. The molecule has 1 amide bonds. The fraction of sp³-hybridized carbons (Fsp3) is 0.300. The molecule has 2 fully saturated rings. The number of aromatic amines is 1. The van der Waals surface area contributed by atoms with Crippen molar-refractivity contribution in [3.8, 4) is 22.4 Å². The number of hydrogen-bond acceptors (Lipinski definition) is 9. The number of nitrogen functional groups attached to an aromatic ring is 1. The van der Waals surface area contributed by atoms with Crippen LogP contribution in [0.15, 0.2) is 65.8 Å². The maximum absolute atomic E-state index is 13.4. The highest BCUT2D eigenvalue weighted by molar-refractivity contribution is 7.91. The number of anilines is 1. The molecule has 0 spiro atoms. The van der Waals surface area contributed by atoms with E-state index in [0.29, 0.717) is 41.1 Å². The van der Waals surface area contributed by atoms with Crippen LogP contribution in [0.5, 0.6) is 0 Å². The maximum atomic E-state index is 13.4. The van der Waals surface area contributed by atoms with E-state index in [-0.39, 0.29) is 41.2 Å². The molecule has 7 rings (SSSR count). The van der Waals surface area contributed by atoms with Gasteiger partial charge in [-0.3, -0.25) is 14.9 Å². The first-order chi connectivity index (χ1) is 20.7. The molecular weight excluding hydrogens is 568 g/mol. The molecule has 6 heterocycles. The summed E-state index contributed by atoms with van der Waals surface area (Å²) in [6, 6.07) is 15.1. The Morgan fingerprint density at radius 1 is 1.07 bits per heavy atom. The van der Waals surface area contributed by atoms with Gasteiger partial charge in [0.25, 0.3) is 5.91 Å². The van der Waals surface area contributed by atoms with Crippen LogP contribution in [0.25, 0.3) is 28.0 Å². The van der Waals surface area contributed by atoms with Crippen LogP contribution in [-0.4, -0.2) is 72.5 Å². The van der Waals surface area contributed by atoms with E-state index in [9.17, 15) is 18.3 Å².